The fourth-order valence-corrected chi connectivity index (χ4v) is 6.17. The second-order valence-electron chi connectivity index (χ2n) is 9.13. The number of carboxylic acids is 1. The number of hydrogen-bond donors (Lipinski definition) is 1. The molecule has 0 amide bonds. The van der Waals surface area contributed by atoms with Crippen LogP contribution in [0.3, 0.4) is 0 Å². The van der Waals surface area contributed by atoms with Crippen molar-refractivity contribution in [3.63, 3.8) is 0 Å². The maximum atomic E-state index is 12.1. The second kappa shape index (κ2) is 4.96. The quantitative estimate of drug-likeness (QED) is 0.654. The Morgan fingerprint density at radius 3 is 2.68 bits per heavy atom. The fourth-order valence-electron chi connectivity index (χ4n) is 6.17. The Kier molecular flexibility index (Phi) is 3.25. The van der Waals surface area contributed by atoms with E-state index in [0.29, 0.717) is 12.5 Å². The molecule has 2 bridgehead atoms. The van der Waals surface area contributed by atoms with Crippen LogP contribution >= 0.6 is 0 Å². The van der Waals surface area contributed by atoms with Crippen LogP contribution in [0.2, 0.25) is 0 Å². The van der Waals surface area contributed by atoms with Gasteiger partial charge in [0, 0.05) is 29.9 Å². The van der Waals surface area contributed by atoms with Crippen molar-refractivity contribution in [3.05, 3.63) is 33.9 Å². The minimum atomic E-state index is -0.793. The topological polar surface area (TPSA) is 83.7 Å². The molecular formula is C19H24N2O4. The first-order chi connectivity index (χ1) is 11.6. The van der Waals surface area contributed by atoms with Gasteiger partial charge in [-0.15, -0.1) is 0 Å². The molecule has 2 heterocycles. The Labute approximate surface area is 147 Å². The monoisotopic (exact) mass is 344 g/mol. The Hall–Kier alpha value is -2.11. The molecule has 1 N–H and O–H groups in total. The van der Waals surface area contributed by atoms with Crippen molar-refractivity contribution in [2.75, 3.05) is 4.90 Å². The van der Waals surface area contributed by atoms with Gasteiger partial charge in [-0.25, -0.2) is 0 Å². The van der Waals surface area contributed by atoms with Gasteiger partial charge in [-0.2, -0.15) is 0 Å². The highest BCUT2D eigenvalue weighted by Gasteiger charge is 2.60. The number of fused-ring (bicyclic) bond motifs is 7. The first-order valence-electron chi connectivity index (χ1n) is 8.90. The summed E-state index contributed by atoms with van der Waals surface area (Å²) >= 11 is 0. The highest BCUT2D eigenvalue weighted by atomic mass is 16.6. The molecule has 1 saturated heterocycles. The number of hydrogen-bond acceptors (Lipinski definition) is 4. The van der Waals surface area contributed by atoms with Gasteiger partial charge in [0.15, 0.2) is 0 Å². The standard InChI is InChI=1S/C19H24N2O4/c1-18(2)8-13-9-19(3,10-18)16-14(17(22)23)7-11-6-12(21(24)25)4-5-15(11)20(13)16/h4-6,13-14,16H,7-10H2,1-3H3,(H,22,23)/t13-,14+,16+,19-/m0/s1. The molecule has 1 aliphatic carbocycles. The Bertz CT molecular complexity index is 775. The van der Waals surface area contributed by atoms with Crippen LogP contribution < -0.4 is 4.90 Å². The summed E-state index contributed by atoms with van der Waals surface area (Å²) in [6.45, 7) is 6.77. The van der Waals surface area contributed by atoms with Crippen molar-refractivity contribution in [1.29, 1.82) is 0 Å². The van der Waals surface area contributed by atoms with E-state index in [2.05, 4.69) is 25.7 Å². The van der Waals surface area contributed by atoms with Crippen LogP contribution in [0.4, 0.5) is 11.4 Å². The minimum Gasteiger partial charge on any atom is -0.481 e. The van der Waals surface area contributed by atoms with Crippen LogP contribution in [0.25, 0.3) is 0 Å². The molecule has 1 aromatic carbocycles. The maximum Gasteiger partial charge on any atom is 0.308 e. The molecule has 0 aromatic heterocycles. The normalized spacial score (nSPS) is 35.0. The zero-order valence-electron chi connectivity index (χ0n) is 14.9. The van der Waals surface area contributed by atoms with E-state index in [-0.39, 0.29) is 22.6 Å². The second-order valence-corrected chi connectivity index (χ2v) is 9.13. The molecule has 6 nitrogen and oxygen atoms in total. The third kappa shape index (κ3) is 2.34. The average molecular weight is 344 g/mol. The van der Waals surface area contributed by atoms with E-state index in [9.17, 15) is 20.0 Å². The zero-order chi connectivity index (χ0) is 18.1. The highest BCUT2D eigenvalue weighted by molar-refractivity contribution is 5.76. The van der Waals surface area contributed by atoms with Gasteiger partial charge in [-0.3, -0.25) is 14.9 Å². The minimum absolute atomic E-state index is 0.0328. The summed E-state index contributed by atoms with van der Waals surface area (Å²) < 4.78 is 0. The Balaban J connectivity index is 1.87. The van der Waals surface area contributed by atoms with Crippen molar-refractivity contribution < 1.29 is 14.8 Å². The van der Waals surface area contributed by atoms with Crippen molar-refractivity contribution >= 4 is 17.3 Å². The number of nitrogens with zero attached hydrogens (tertiary/aromatic N) is 2. The van der Waals surface area contributed by atoms with Gasteiger partial charge in [0.05, 0.1) is 10.8 Å². The predicted molar refractivity (Wildman–Crippen MR) is 93.7 cm³/mol. The van der Waals surface area contributed by atoms with Gasteiger partial charge in [0.2, 0.25) is 0 Å². The van der Waals surface area contributed by atoms with E-state index in [0.717, 1.165) is 30.5 Å². The number of aliphatic carboxylic acids is 1. The van der Waals surface area contributed by atoms with E-state index in [1.807, 2.05) is 6.07 Å². The number of carboxylic acid groups (broad SMARTS) is 1. The molecule has 2 aliphatic heterocycles. The van der Waals surface area contributed by atoms with Gasteiger partial charge in [0.1, 0.15) is 0 Å². The number of non-ortho nitro benzene ring substituents is 1. The molecule has 4 rings (SSSR count). The summed E-state index contributed by atoms with van der Waals surface area (Å²) in [5, 5.41) is 21.0. The van der Waals surface area contributed by atoms with E-state index < -0.39 is 16.8 Å². The Morgan fingerprint density at radius 1 is 1.32 bits per heavy atom. The number of carbonyl (C=O) groups is 1. The number of benzene rings is 1. The lowest BCUT2D eigenvalue weighted by Gasteiger charge is -2.44. The highest BCUT2D eigenvalue weighted by Crippen LogP contribution is 2.60. The predicted octanol–water partition coefficient (Wildman–Crippen LogP) is 3.63. The van der Waals surface area contributed by atoms with Crippen LogP contribution in [-0.2, 0) is 11.2 Å². The molecular weight excluding hydrogens is 320 g/mol. The summed E-state index contributed by atoms with van der Waals surface area (Å²) in [5.74, 6) is -1.31. The molecule has 134 valence electrons. The van der Waals surface area contributed by atoms with Gasteiger partial charge < -0.3 is 10.0 Å². The smallest absolute Gasteiger partial charge is 0.308 e. The number of nitro benzene ring substituents is 1. The molecule has 6 heteroatoms. The molecule has 1 aromatic rings. The molecule has 1 saturated carbocycles. The molecule has 3 aliphatic rings. The molecule has 0 radical (unpaired) electrons. The molecule has 0 unspecified atom stereocenters. The first kappa shape index (κ1) is 16.4. The number of rotatable bonds is 2. The van der Waals surface area contributed by atoms with Crippen molar-refractivity contribution in [2.24, 2.45) is 16.7 Å². The van der Waals surface area contributed by atoms with Crippen LogP contribution in [0.15, 0.2) is 18.2 Å². The third-order valence-corrected chi connectivity index (χ3v) is 6.47. The third-order valence-electron chi connectivity index (χ3n) is 6.47. The lowest BCUT2D eigenvalue weighted by Crippen LogP contribution is -2.51. The van der Waals surface area contributed by atoms with Crippen LogP contribution in [0.5, 0.6) is 0 Å². The van der Waals surface area contributed by atoms with E-state index in [1.165, 1.54) is 0 Å². The molecule has 2 fully saturated rings. The largest absolute Gasteiger partial charge is 0.481 e. The van der Waals surface area contributed by atoms with E-state index in [4.69, 9.17) is 0 Å². The van der Waals surface area contributed by atoms with Gasteiger partial charge in [-0.1, -0.05) is 20.8 Å². The molecule has 0 spiro atoms. The SMILES string of the molecule is CC1(C)C[C@H]2C[C@@](C)(C1)[C@H]1[C@H](C(=O)O)Cc3cc([N+](=O)[O-])ccc3N21. The van der Waals surface area contributed by atoms with Gasteiger partial charge in [0.25, 0.3) is 5.69 Å². The van der Waals surface area contributed by atoms with Crippen molar-refractivity contribution in [3.8, 4) is 0 Å². The fraction of sp³-hybridized carbons (Fsp3) is 0.632. The van der Waals surface area contributed by atoms with Crippen molar-refractivity contribution in [2.45, 2.75) is 58.5 Å². The number of anilines is 1. The van der Waals surface area contributed by atoms with Crippen LogP contribution in [0, 0.1) is 26.9 Å². The first-order valence-corrected chi connectivity index (χ1v) is 8.90. The number of nitro groups is 1. The molecule has 25 heavy (non-hydrogen) atoms. The summed E-state index contributed by atoms with van der Waals surface area (Å²) in [5.41, 5.74) is 1.98. The maximum absolute atomic E-state index is 12.1. The summed E-state index contributed by atoms with van der Waals surface area (Å²) in [7, 11) is 0. The van der Waals surface area contributed by atoms with Crippen LogP contribution in [-0.4, -0.2) is 28.1 Å². The van der Waals surface area contributed by atoms with E-state index in [1.54, 1.807) is 12.1 Å². The Morgan fingerprint density at radius 2 is 2.04 bits per heavy atom. The summed E-state index contributed by atoms with van der Waals surface area (Å²) in [6, 6.07) is 5.21. The zero-order valence-corrected chi connectivity index (χ0v) is 14.9. The van der Waals surface area contributed by atoms with Gasteiger partial charge in [-0.05, 0) is 48.1 Å². The van der Waals surface area contributed by atoms with E-state index >= 15 is 0 Å². The average Bonchev–Trinajstić information content (AvgIpc) is 2.72. The molecule has 4 atom stereocenters. The lowest BCUT2D eigenvalue weighted by atomic mass is 9.61. The summed E-state index contributed by atoms with van der Waals surface area (Å²) in [6.07, 6.45) is 3.42. The summed E-state index contributed by atoms with van der Waals surface area (Å²) in [4.78, 5) is 25.1. The van der Waals surface area contributed by atoms with Crippen LogP contribution in [0.1, 0.15) is 45.6 Å². The lowest BCUT2D eigenvalue weighted by molar-refractivity contribution is -0.384. The van der Waals surface area contributed by atoms with Crippen molar-refractivity contribution in [1.82, 2.24) is 0 Å². The van der Waals surface area contributed by atoms with Gasteiger partial charge >= 0.3 is 5.97 Å².